The summed E-state index contributed by atoms with van der Waals surface area (Å²) in [6.07, 6.45) is 1.80. The minimum absolute atomic E-state index is 0.142. The van der Waals surface area contributed by atoms with Gasteiger partial charge in [-0.1, -0.05) is 29.8 Å². The first-order chi connectivity index (χ1) is 8.09. The Kier molecular flexibility index (Phi) is 3.25. The molecular formula is C15H18N2. The highest BCUT2D eigenvalue weighted by molar-refractivity contribution is 5.38. The molecular weight excluding hydrogens is 208 g/mol. The molecule has 2 heteroatoms. The van der Waals surface area contributed by atoms with E-state index in [9.17, 15) is 0 Å². The van der Waals surface area contributed by atoms with Gasteiger partial charge in [-0.15, -0.1) is 0 Å². The third-order valence-electron chi connectivity index (χ3n) is 3.10. The third-order valence-corrected chi connectivity index (χ3v) is 3.10. The van der Waals surface area contributed by atoms with E-state index in [-0.39, 0.29) is 6.04 Å². The summed E-state index contributed by atoms with van der Waals surface area (Å²) in [5.74, 6) is 0. The molecule has 0 amide bonds. The van der Waals surface area contributed by atoms with Crippen LogP contribution in [0.15, 0.2) is 36.5 Å². The molecule has 1 heterocycles. The van der Waals surface area contributed by atoms with E-state index >= 15 is 0 Å². The van der Waals surface area contributed by atoms with Crippen molar-refractivity contribution in [2.45, 2.75) is 26.8 Å². The number of nitrogens with two attached hydrogens (primary N) is 1. The van der Waals surface area contributed by atoms with Crippen LogP contribution in [0.3, 0.4) is 0 Å². The van der Waals surface area contributed by atoms with Crippen molar-refractivity contribution in [2.75, 3.05) is 0 Å². The molecule has 1 aromatic heterocycles. The molecule has 0 aliphatic carbocycles. The summed E-state index contributed by atoms with van der Waals surface area (Å²) in [5, 5.41) is 0. The molecule has 2 nitrogen and oxygen atoms in total. The maximum atomic E-state index is 6.31. The zero-order valence-corrected chi connectivity index (χ0v) is 10.6. The first kappa shape index (κ1) is 11.8. The quantitative estimate of drug-likeness (QED) is 0.854. The molecule has 0 fully saturated rings. The summed E-state index contributed by atoms with van der Waals surface area (Å²) in [6, 6.07) is 10.2. The van der Waals surface area contributed by atoms with Gasteiger partial charge >= 0.3 is 0 Å². The molecule has 0 saturated carbocycles. The number of benzene rings is 1. The zero-order valence-electron chi connectivity index (χ0n) is 10.6. The van der Waals surface area contributed by atoms with Gasteiger partial charge in [0.15, 0.2) is 0 Å². The predicted molar refractivity (Wildman–Crippen MR) is 70.9 cm³/mol. The van der Waals surface area contributed by atoms with Crippen molar-refractivity contribution < 1.29 is 0 Å². The Morgan fingerprint density at radius 1 is 1.06 bits per heavy atom. The minimum atomic E-state index is -0.142. The molecule has 0 aliphatic heterocycles. The lowest BCUT2D eigenvalue weighted by atomic mass is 9.95. The number of hydrogen-bond acceptors (Lipinski definition) is 2. The Labute approximate surface area is 103 Å². The SMILES string of the molecule is Cc1ccc(C(N)c2ncccc2C)c(C)c1. The Bertz CT molecular complexity index is 532. The van der Waals surface area contributed by atoms with Crippen LogP contribution in [0.1, 0.15) is 34.0 Å². The minimum Gasteiger partial charge on any atom is -0.319 e. The lowest BCUT2D eigenvalue weighted by molar-refractivity contribution is 0.810. The van der Waals surface area contributed by atoms with E-state index in [0.29, 0.717) is 0 Å². The Balaban J connectivity index is 2.44. The fraction of sp³-hybridized carbons (Fsp3) is 0.267. The molecule has 1 aromatic carbocycles. The van der Waals surface area contributed by atoms with Crippen molar-refractivity contribution in [3.63, 3.8) is 0 Å². The Morgan fingerprint density at radius 3 is 2.47 bits per heavy atom. The van der Waals surface area contributed by atoms with E-state index in [1.807, 2.05) is 19.1 Å². The molecule has 0 aliphatic rings. The molecule has 0 spiro atoms. The van der Waals surface area contributed by atoms with Crippen LogP contribution in [0.4, 0.5) is 0 Å². The van der Waals surface area contributed by atoms with Gasteiger partial charge < -0.3 is 5.73 Å². The molecule has 0 radical (unpaired) electrons. The normalized spacial score (nSPS) is 12.5. The van der Waals surface area contributed by atoms with Gasteiger partial charge in [0.05, 0.1) is 11.7 Å². The fourth-order valence-electron chi connectivity index (χ4n) is 2.15. The van der Waals surface area contributed by atoms with Crippen LogP contribution in [0.25, 0.3) is 0 Å². The van der Waals surface area contributed by atoms with Crippen molar-refractivity contribution in [1.82, 2.24) is 4.98 Å². The standard InChI is InChI=1S/C15H18N2/c1-10-6-7-13(12(3)9-10)14(16)15-11(2)5-4-8-17-15/h4-9,14H,16H2,1-3H3. The summed E-state index contributed by atoms with van der Waals surface area (Å²) in [4.78, 5) is 4.39. The lowest BCUT2D eigenvalue weighted by Crippen LogP contribution is -2.16. The average molecular weight is 226 g/mol. The van der Waals surface area contributed by atoms with Gasteiger partial charge in [0, 0.05) is 6.20 Å². The van der Waals surface area contributed by atoms with Crippen LogP contribution in [0, 0.1) is 20.8 Å². The highest BCUT2D eigenvalue weighted by atomic mass is 14.8. The second-order valence-corrected chi connectivity index (χ2v) is 4.54. The predicted octanol–water partition coefficient (Wildman–Crippen LogP) is 3.05. The van der Waals surface area contributed by atoms with E-state index in [0.717, 1.165) is 16.8 Å². The molecule has 88 valence electrons. The lowest BCUT2D eigenvalue weighted by Gasteiger charge is -2.16. The van der Waals surface area contributed by atoms with Crippen molar-refractivity contribution in [3.05, 3.63) is 64.5 Å². The van der Waals surface area contributed by atoms with Gasteiger partial charge in [-0.25, -0.2) is 0 Å². The van der Waals surface area contributed by atoms with Crippen LogP contribution < -0.4 is 5.73 Å². The smallest absolute Gasteiger partial charge is 0.0731 e. The number of nitrogens with zero attached hydrogens (tertiary/aromatic N) is 1. The number of aryl methyl sites for hydroxylation is 3. The van der Waals surface area contributed by atoms with Crippen molar-refractivity contribution in [3.8, 4) is 0 Å². The van der Waals surface area contributed by atoms with Crippen LogP contribution >= 0.6 is 0 Å². The van der Waals surface area contributed by atoms with Gasteiger partial charge in [0.1, 0.15) is 0 Å². The average Bonchev–Trinajstić information content (AvgIpc) is 2.29. The maximum Gasteiger partial charge on any atom is 0.0731 e. The monoisotopic (exact) mass is 226 g/mol. The van der Waals surface area contributed by atoms with Gasteiger partial charge in [0.25, 0.3) is 0 Å². The second kappa shape index (κ2) is 4.68. The molecule has 2 rings (SSSR count). The third kappa shape index (κ3) is 2.37. The van der Waals surface area contributed by atoms with Gasteiger partial charge in [0.2, 0.25) is 0 Å². The van der Waals surface area contributed by atoms with Crippen LogP contribution in [-0.2, 0) is 0 Å². The molecule has 1 unspecified atom stereocenters. The Hall–Kier alpha value is -1.67. The first-order valence-electron chi connectivity index (χ1n) is 5.84. The molecule has 0 bridgehead atoms. The van der Waals surface area contributed by atoms with Crippen LogP contribution in [0.5, 0.6) is 0 Å². The van der Waals surface area contributed by atoms with E-state index in [4.69, 9.17) is 5.73 Å². The van der Waals surface area contributed by atoms with E-state index in [2.05, 4.69) is 37.0 Å². The zero-order chi connectivity index (χ0) is 12.4. The van der Waals surface area contributed by atoms with E-state index < -0.39 is 0 Å². The molecule has 1 atom stereocenters. The highest BCUT2D eigenvalue weighted by Gasteiger charge is 2.14. The van der Waals surface area contributed by atoms with Gasteiger partial charge in [-0.3, -0.25) is 4.98 Å². The summed E-state index contributed by atoms with van der Waals surface area (Å²) < 4.78 is 0. The van der Waals surface area contributed by atoms with E-state index in [1.54, 1.807) is 6.20 Å². The molecule has 17 heavy (non-hydrogen) atoms. The number of aromatic nitrogens is 1. The molecule has 2 N–H and O–H groups in total. The Morgan fingerprint density at radius 2 is 1.82 bits per heavy atom. The number of rotatable bonds is 2. The van der Waals surface area contributed by atoms with Crippen molar-refractivity contribution in [2.24, 2.45) is 5.73 Å². The van der Waals surface area contributed by atoms with Crippen LogP contribution in [-0.4, -0.2) is 4.98 Å². The summed E-state index contributed by atoms with van der Waals surface area (Å²) in [5.41, 5.74) is 12.0. The summed E-state index contributed by atoms with van der Waals surface area (Å²) >= 11 is 0. The molecule has 2 aromatic rings. The largest absolute Gasteiger partial charge is 0.319 e. The fourth-order valence-corrected chi connectivity index (χ4v) is 2.15. The summed E-state index contributed by atoms with van der Waals surface area (Å²) in [6.45, 7) is 6.24. The van der Waals surface area contributed by atoms with Gasteiger partial charge in [-0.2, -0.15) is 0 Å². The topological polar surface area (TPSA) is 38.9 Å². The van der Waals surface area contributed by atoms with Crippen molar-refractivity contribution in [1.29, 1.82) is 0 Å². The summed E-state index contributed by atoms with van der Waals surface area (Å²) in [7, 11) is 0. The highest BCUT2D eigenvalue weighted by Crippen LogP contribution is 2.23. The number of hydrogen-bond donors (Lipinski definition) is 1. The number of pyridine rings is 1. The van der Waals surface area contributed by atoms with Crippen LogP contribution in [0.2, 0.25) is 0 Å². The first-order valence-corrected chi connectivity index (χ1v) is 5.84. The maximum absolute atomic E-state index is 6.31. The molecule has 0 saturated heterocycles. The van der Waals surface area contributed by atoms with E-state index in [1.165, 1.54) is 11.1 Å². The van der Waals surface area contributed by atoms with Gasteiger partial charge in [-0.05, 0) is 43.5 Å². The van der Waals surface area contributed by atoms with Crippen molar-refractivity contribution >= 4 is 0 Å². The second-order valence-electron chi connectivity index (χ2n) is 4.54.